The van der Waals surface area contributed by atoms with Gasteiger partial charge in [-0.2, -0.15) is 0 Å². The second-order valence-corrected chi connectivity index (χ2v) is 3.68. The van der Waals surface area contributed by atoms with Crippen LogP contribution in [0.1, 0.15) is 13.3 Å². The van der Waals surface area contributed by atoms with Crippen molar-refractivity contribution in [2.75, 3.05) is 19.8 Å². The third kappa shape index (κ3) is 6.40. The van der Waals surface area contributed by atoms with Crippen LogP contribution in [0.25, 0.3) is 0 Å². The van der Waals surface area contributed by atoms with Gasteiger partial charge in [-0.1, -0.05) is 6.92 Å². The zero-order valence-corrected chi connectivity index (χ0v) is 10.0. The third-order valence-electron chi connectivity index (χ3n) is 2.31. The van der Waals surface area contributed by atoms with Crippen molar-refractivity contribution >= 4 is 18.3 Å². The Morgan fingerprint density at radius 2 is 1.11 bits per heavy atom. The molecule has 0 aliphatic carbocycles. The van der Waals surface area contributed by atoms with Crippen molar-refractivity contribution in [1.29, 1.82) is 0 Å². The summed E-state index contributed by atoms with van der Waals surface area (Å²) >= 11 is 0. The molecule has 0 heterocycles. The van der Waals surface area contributed by atoms with E-state index in [1.54, 1.807) is 6.92 Å². The summed E-state index contributed by atoms with van der Waals surface area (Å²) in [5.74, 6) is 0. The fraction of sp³-hybridized carbons (Fsp3) is 0.667. The number of rotatable bonds is 7. The number of nitrogens with two attached hydrogens (primary N) is 3. The van der Waals surface area contributed by atoms with Crippen LogP contribution in [-0.2, 0) is 14.2 Å². The molecule has 0 unspecified atom stereocenters. The van der Waals surface area contributed by atoms with E-state index >= 15 is 0 Å². The first-order chi connectivity index (χ1) is 8.31. The van der Waals surface area contributed by atoms with E-state index < -0.39 is 23.7 Å². The van der Waals surface area contributed by atoms with Crippen LogP contribution in [0, 0.1) is 5.41 Å². The monoisotopic (exact) mass is 263 g/mol. The average Bonchev–Trinajstić information content (AvgIpc) is 2.28. The highest BCUT2D eigenvalue weighted by Gasteiger charge is 2.33. The average molecular weight is 263 g/mol. The Kier molecular flexibility index (Phi) is 6.32. The SMILES string of the molecule is CCC(COC(N)=O)(COC(N)=O)COC(N)=O. The molecule has 0 aliphatic heterocycles. The molecule has 0 rings (SSSR count). The highest BCUT2D eigenvalue weighted by atomic mass is 16.6. The van der Waals surface area contributed by atoms with Crippen LogP contribution in [0.15, 0.2) is 0 Å². The van der Waals surface area contributed by atoms with E-state index in [2.05, 4.69) is 14.2 Å². The first kappa shape index (κ1) is 15.8. The highest BCUT2D eigenvalue weighted by molar-refractivity contribution is 5.65. The maximum absolute atomic E-state index is 10.6. The van der Waals surface area contributed by atoms with Gasteiger partial charge in [0.25, 0.3) is 0 Å². The maximum Gasteiger partial charge on any atom is 0.404 e. The number of carbonyl (C=O) groups is 3. The lowest BCUT2D eigenvalue weighted by atomic mass is 9.88. The molecule has 0 fully saturated rings. The second kappa shape index (κ2) is 7.20. The summed E-state index contributed by atoms with van der Waals surface area (Å²) < 4.78 is 13.9. The van der Waals surface area contributed by atoms with E-state index in [4.69, 9.17) is 17.2 Å². The van der Waals surface area contributed by atoms with Crippen molar-refractivity contribution in [2.45, 2.75) is 13.3 Å². The Bertz CT molecular complexity index is 274. The molecule has 0 spiro atoms. The quantitative estimate of drug-likeness (QED) is 0.533. The molecule has 0 aromatic rings. The number of carbonyl (C=O) groups excluding carboxylic acids is 3. The van der Waals surface area contributed by atoms with Crippen LogP contribution < -0.4 is 17.2 Å². The first-order valence-electron chi connectivity index (χ1n) is 5.08. The Morgan fingerprint density at radius 1 is 0.833 bits per heavy atom. The standard InChI is InChI=1S/C9H17N3O6/c1-2-9(3-16-6(10)13,4-17-7(11)14)5-18-8(12)15/h2-5H2,1H3,(H2,10,13)(H2,11,14)(H2,12,15). The lowest BCUT2D eigenvalue weighted by Gasteiger charge is -2.29. The molecule has 9 nitrogen and oxygen atoms in total. The van der Waals surface area contributed by atoms with Crippen LogP contribution in [0.5, 0.6) is 0 Å². The Labute approximate surface area is 104 Å². The molecule has 0 aromatic heterocycles. The smallest absolute Gasteiger partial charge is 0.404 e. The maximum atomic E-state index is 10.6. The largest absolute Gasteiger partial charge is 0.449 e. The number of hydrogen-bond donors (Lipinski definition) is 3. The minimum atomic E-state index is -0.994. The van der Waals surface area contributed by atoms with Gasteiger partial charge >= 0.3 is 18.3 Å². The fourth-order valence-corrected chi connectivity index (χ4v) is 1.10. The lowest BCUT2D eigenvalue weighted by Crippen LogP contribution is -2.40. The van der Waals surface area contributed by atoms with Gasteiger partial charge in [0, 0.05) is 0 Å². The number of amides is 3. The van der Waals surface area contributed by atoms with E-state index in [0.717, 1.165) is 0 Å². The molecule has 0 atom stereocenters. The van der Waals surface area contributed by atoms with Gasteiger partial charge in [-0.25, -0.2) is 14.4 Å². The van der Waals surface area contributed by atoms with Gasteiger partial charge < -0.3 is 31.4 Å². The molecule has 9 heteroatoms. The number of primary amides is 3. The van der Waals surface area contributed by atoms with E-state index in [1.807, 2.05) is 0 Å². The van der Waals surface area contributed by atoms with Crippen LogP contribution >= 0.6 is 0 Å². The van der Waals surface area contributed by atoms with E-state index in [9.17, 15) is 14.4 Å². The zero-order chi connectivity index (χ0) is 14.2. The molecule has 3 amide bonds. The Balaban J connectivity index is 4.63. The van der Waals surface area contributed by atoms with Crippen LogP contribution in [-0.4, -0.2) is 38.1 Å². The van der Waals surface area contributed by atoms with Gasteiger partial charge in [-0.3, -0.25) is 0 Å². The minimum Gasteiger partial charge on any atom is -0.449 e. The predicted molar refractivity (Wildman–Crippen MR) is 59.3 cm³/mol. The van der Waals surface area contributed by atoms with Crippen molar-refractivity contribution in [2.24, 2.45) is 22.6 Å². The van der Waals surface area contributed by atoms with E-state index in [1.165, 1.54) is 0 Å². The normalized spacial score (nSPS) is 10.5. The summed E-state index contributed by atoms with van der Waals surface area (Å²) in [6.45, 7) is 1.14. The molecule has 18 heavy (non-hydrogen) atoms. The summed E-state index contributed by atoms with van der Waals surface area (Å²) in [6.07, 6.45) is -2.61. The number of ether oxygens (including phenoxy) is 3. The van der Waals surface area contributed by atoms with Gasteiger partial charge in [-0.05, 0) is 6.42 Å². The lowest BCUT2D eigenvalue weighted by molar-refractivity contribution is -0.0128. The van der Waals surface area contributed by atoms with Crippen molar-refractivity contribution in [3.05, 3.63) is 0 Å². The second-order valence-electron chi connectivity index (χ2n) is 3.68. The zero-order valence-electron chi connectivity index (χ0n) is 10.0. The third-order valence-corrected chi connectivity index (χ3v) is 2.31. The summed E-state index contributed by atoms with van der Waals surface area (Å²) in [5, 5.41) is 0. The molecular weight excluding hydrogens is 246 g/mol. The van der Waals surface area contributed by atoms with Gasteiger partial charge in [0.15, 0.2) is 0 Å². The van der Waals surface area contributed by atoms with Crippen LogP contribution in [0.3, 0.4) is 0 Å². The summed E-state index contributed by atoms with van der Waals surface area (Å²) in [7, 11) is 0. The van der Waals surface area contributed by atoms with Gasteiger partial charge in [-0.15, -0.1) is 0 Å². The summed E-state index contributed by atoms with van der Waals surface area (Å²) in [6, 6.07) is 0. The Hall–Kier alpha value is -2.19. The molecule has 104 valence electrons. The molecule has 0 bridgehead atoms. The number of hydrogen-bond acceptors (Lipinski definition) is 6. The first-order valence-corrected chi connectivity index (χ1v) is 5.08. The highest BCUT2D eigenvalue weighted by Crippen LogP contribution is 2.24. The predicted octanol–water partition coefficient (Wildman–Crippen LogP) is -0.331. The fourth-order valence-electron chi connectivity index (χ4n) is 1.10. The van der Waals surface area contributed by atoms with Gasteiger partial charge in [0.1, 0.15) is 19.8 Å². The van der Waals surface area contributed by atoms with Gasteiger partial charge in [0.2, 0.25) is 0 Å². The molecular formula is C9H17N3O6. The topological polar surface area (TPSA) is 157 Å². The molecule has 0 aliphatic rings. The van der Waals surface area contributed by atoms with E-state index in [-0.39, 0.29) is 19.8 Å². The molecule has 0 aromatic carbocycles. The molecule has 0 saturated carbocycles. The van der Waals surface area contributed by atoms with Crippen molar-refractivity contribution in [3.8, 4) is 0 Å². The van der Waals surface area contributed by atoms with Crippen molar-refractivity contribution in [1.82, 2.24) is 0 Å². The minimum absolute atomic E-state index is 0.195. The van der Waals surface area contributed by atoms with Crippen molar-refractivity contribution < 1.29 is 28.6 Å². The molecule has 6 N–H and O–H groups in total. The van der Waals surface area contributed by atoms with Crippen LogP contribution in [0.2, 0.25) is 0 Å². The van der Waals surface area contributed by atoms with Crippen molar-refractivity contribution in [3.63, 3.8) is 0 Å². The molecule has 0 saturated heterocycles. The summed E-state index contributed by atoms with van der Waals surface area (Å²) in [5.41, 5.74) is 13.6. The van der Waals surface area contributed by atoms with Gasteiger partial charge in [0.05, 0.1) is 5.41 Å². The summed E-state index contributed by atoms with van der Waals surface area (Å²) in [4.78, 5) is 31.7. The van der Waals surface area contributed by atoms with E-state index in [0.29, 0.717) is 6.42 Å². The molecule has 0 radical (unpaired) electrons. The van der Waals surface area contributed by atoms with Crippen LogP contribution in [0.4, 0.5) is 14.4 Å². The Morgan fingerprint density at radius 3 is 1.28 bits per heavy atom.